The average molecular weight is 350 g/mol. The number of rotatable bonds is 3. The van der Waals surface area contributed by atoms with E-state index in [1.54, 1.807) is 4.90 Å². The Hall–Kier alpha value is -2.62. The van der Waals surface area contributed by atoms with Crippen LogP contribution >= 0.6 is 0 Å². The molecule has 136 valence electrons. The largest absolute Gasteiger partial charge is 0.338 e. The second-order valence-electron chi connectivity index (χ2n) is 7.85. The van der Waals surface area contributed by atoms with E-state index in [4.69, 9.17) is 0 Å². The first-order chi connectivity index (χ1) is 12.3. The highest BCUT2D eigenvalue weighted by molar-refractivity contribution is 6.04. The smallest absolute Gasteiger partial charge is 0.233 e. The van der Waals surface area contributed by atoms with Gasteiger partial charge in [0.1, 0.15) is 6.42 Å². The van der Waals surface area contributed by atoms with Crippen molar-refractivity contribution in [2.24, 2.45) is 0 Å². The van der Waals surface area contributed by atoms with Crippen molar-refractivity contribution in [3.8, 4) is 0 Å². The van der Waals surface area contributed by atoms with Crippen LogP contribution in [0.1, 0.15) is 43.9 Å². The van der Waals surface area contributed by atoms with Crippen LogP contribution in [-0.2, 0) is 28.0 Å². The lowest BCUT2D eigenvalue weighted by Gasteiger charge is -2.29. The summed E-state index contributed by atoms with van der Waals surface area (Å²) in [6.45, 7) is 7.57. The van der Waals surface area contributed by atoms with Crippen LogP contribution in [0.4, 0.5) is 5.69 Å². The predicted molar refractivity (Wildman–Crippen MR) is 104 cm³/mol. The Labute approximate surface area is 155 Å². The molecule has 0 saturated heterocycles. The van der Waals surface area contributed by atoms with Gasteiger partial charge in [-0.15, -0.1) is 0 Å². The number of benzene rings is 2. The minimum Gasteiger partial charge on any atom is -0.338 e. The van der Waals surface area contributed by atoms with Crippen LogP contribution in [0.2, 0.25) is 0 Å². The summed E-state index contributed by atoms with van der Waals surface area (Å²) in [5.74, 6) is -0.379. The summed E-state index contributed by atoms with van der Waals surface area (Å²) >= 11 is 0. The molecule has 2 amide bonds. The van der Waals surface area contributed by atoms with Gasteiger partial charge in [-0.25, -0.2) is 0 Å². The maximum atomic E-state index is 12.6. The second kappa shape index (κ2) is 7.32. The van der Waals surface area contributed by atoms with Crippen LogP contribution < -0.4 is 5.32 Å². The third-order valence-electron chi connectivity index (χ3n) is 4.80. The molecule has 0 bridgehead atoms. The molecule has 2 aromatic carbocycles. The first-order valence-corrected chi connectivity index (χ1v) is 9.08. The summed E-state index contributed by atoms with van der Waals surface area (Å²) < 4.78 is 0. The first kappa shape index (κ1) is 18.2. The maximum absolute atomic E-state index is 12.6. The zero-order valence-electron chi connectivity index (χ0n) is 15.7. The van der Waals surface area contributed by atoms with E-state index in [1.807, 2.05) is 36.4 Å². The van der Waals surface area contributed by atoms with E-state index in [0.29, 0.717) is 13.1 Å². The lowest BCUT2D eigenvalue weighted by Crippen LogP contribution is -2.37. The van der Waals surface area contributed by atoms with E-state index in [0.717, 1.165) is 17.7 Å². The van der Waals surface area contributed by atoms with Crippen molar-refractivity contribution in [3.05, 3.63) is 65.2 Å². The Bertz CT molecular complexity index is 821. The number of nitrogens with one attached hydrogen (secondary N) is 1. The van der Waals surface area contributed by atoms with E-state index in [2.05, 4.69) is 38.2 Å². The molecular weight excluding hydrogens is 324 g/mol. The molecule has 1 aliphatic heterocycles. The molecule has 0 spiro atoms. The van der Waals surface area contributed by atoms with Crippen LogP contribution in [0.15, 0.2) is 48.5 Å². The van der Waals surface area contributed by atoms with Gasteiger partial charge in [0, 0.05) is 18.8 Å². The van der Waals surface area contributed by atoms with Crippen molar-refractivity contribution in [2.75, 3.05) is 11.9 Å². The summed E-state index contributed by atoms with van der Waals surface area (Å²) in [5, 5.41) is 2.92. The topological polar surface area (TPSA) is 49.4 Å². The molecule has 0 aromatic heterocycles. The van der Waals surface area contributed by atoms with Gasteiger partial charge in [-0.3, -0.25) is 9.59 Å². The molecule has 1 aliphatic rings. The Balaban J connectivity index is 1.64. The molecule has 4 nitrogen and oxygen atoms in total. The van der Waals surface area contributed by atoms with Crippen molar-refractivity contribution in [1.29, 1.82) is 0 Å². The summed E-state index contributed by atoms with van der Waals surface area (Å²) in [5.41, 5.74) is 4.23. The van der Waals surface area contributed by atoms with E-state index >= 15 is 0 Å². The molecule has 0 fully saturated rings. The number of para-hydroxylation sites is 1. The summed E-state index contributed by atoms with van der Waals surface area (Å²) in [4.78, 5) is 26.8. The normalized spacial score (nSPS) is 13.9. The molecule has 0 atom stereocenters. The number of hydrogen-bond donors (Lipinski definition) is 1. The quantitative estimate of drug-likeness (QED) is 0.854. The molecule has 0 unspecified atom stereocenters. The number of anilines is 1. The van der Waals surface area contributed by atoms with Gasteiger partial charge in [0.2, 0.25) is 11.8 Å². The number of carbonyl (C=O) groups excluding carboxylic acids is 2. The molecule has 26 heavy (non-hydrogen) atoms. The molecule has 4 heteroatoms. The number of amides is 2. The molecular formula is C22H26N2O2. The highest BCUT2D eigenvalue weighted by Gasteiger charge is 2.23. The highest BCUT2D eigenvalue weighted by Crippen LogP contribution is 2.29. The number of hydrogen-bond acceptors (Lipinski definition) is 2. The van der Waals surface area contributed by atoms with Gasteiger partial charge in [-0.2, -0.15) is 0 Å². The average Bonchev–Trinajstić information content (AvgIpc) is 2.60. The van der Waals surface area contributed by atoms with Gasteiger partial charge < -0.3 is 10.2 Å². The van der Waals surface area contributed by atoms with Crippen LogP contribution in [0, 0.1) is 0 Å². The van der Waals surface area contributed by atoms with E-state index in [1.165, 1.54) is 11.1 Å². The summed E-state index contributed by atoms with van der Waals surface area (Å²) in [6.07, 6.45) is 0.719. The Kier molecular flexibility index (Phi) is 5.12. The van der Waals surface area contributed by atoms with Gasteiger partial charge >= 0.3 is 0 Å². The molecule has 1 N–H and O–H groups in total. The van der Waals surface area contributed by atoms with Crippen molar-refractivity contribution >= 4 is 17.5 Å². The molecule has 1 heterocycles. The van der Waals surface area contributed by atoms with Gasteiger partial charge in [0.05, 0.1) is 0 Å². The highest BCUT2D eigenvalue weighted by atomic mass is 16.2. The third kappa shape index (κ3) is 4.13. The third-order valence-corrected chi connectivity index (χ3v) is 4.80. The Morgan fingerprint density at radius 1 is 1.00 bits per heavy atom. The van der Waals surface area contributed by atoms with Crippen LogP contribution in [-0.4, -0.2) is 23.3 Å². The van der Waals surface area contributed by atoms with Crippen LogP contribution in [0.5, 0.6) is 0 Å². The molecule has 0 aliphatic carbocycles. The van der Waals surface area contributed by atoms with Gasteiger partial charge in [0.25, 0.3) is 0 Å². The van der Waals surface area contributed by atoms with Gasteiger partial charge in [-0.05, 0) is 34.6 Å². The predicted octanol–water partition coefficient (Wildman–Crippen LogP) is 3.90. The number of nitrogens with zero attached hydrogens (tertiary/aromatic N) is 1. The van der Waals surface area contributed by atoms with E-state index < -0.39 is 0 Å². The fraction of sp³-hybridized carbons (Fsp3) is 0.364. The van der Waals surface area contributed by atoms with Crippen LogP contribution in [0.25, 0.3) is 0 Å². The van der Waals surface area contributed by atoms with Crippen molar-refractivity contribution < 1.29 is 9.59 Å². The molecule has 0 radical (unpaired) electrons. The monoisotopic (exact) mass is 350 g/mol. The number of carbonyl (C=O) groups is 2. The molecule has 3 rings (SSSR count). The minimum atomic E-state index is -0.259. The van der Waals surface area contributed by atoms with Crippen molar-refractivity contribution in [1.82, 2.24) is 4.90 Å². The zero-order valence-corrected chi connectivity index (χ0v) is 15.7. The van der Waals surface area contributed by atoms with E-state index in [-0.39, 0.29) is 23.7 Å². The van der Waals surface area contributed by atoms with Gasteiger partial charge in [-0.1, -0.05) is 63.2 Å². The first-order valence-electron chi connectivity index (χ1n) is 9.08. The molecule has 0 saturated carbocycles. The Morgan fingerprint density at radius 3 is 2.38 bits per heavy atom. The number of fused-ring (bicyclic) bond motifs is 1. The SMILES string of the molecule is CC(C)(C)c1ccccc1NC(=O)CC(=O)N1CCc2ccccc2C1. The maximum Gasteiger partial charge on any atom is 0.233 e. The van der Waals surface area contributed by atoms with Crippen LogP contribution in [0.3, 0.4) is 0 Å². The van der Waals surface area contributed by atoms with Crippen molar-refractivity contribution in [2.45, 2.75) is 45.6 Å². The van der Waals surface area contributed by atoms with E-state index in [9.17, 15) is 9.59 Å². The second-order valence-corrected chi connectivity index (χ2v) is 7.85. The summed E-state index contributed by atoms with van der Waals surface area (Å²) in [7, 11) is 0. The fourth-order valence-electron chi connectivity index (χ4n) is 3.40. The Morgan fingerprint density at radius 2 is 1.65 bits per heavy atom. The summed E-state index contributed by atoms with van der Waals surface area (Å²) in [6, 6.07) is 15.9. The van der Waals surface area contributed by atoms with Gasteiger partial charge in [0.15, 0.2) is 0 Å². The lowest BCUT2D eigenvalue weighted by atomic mass is 9.86. The molecule has 2 aromatic rings. The van der Waals surface area contributed by atoms with Crippen molar-refractivity contribution in [3.63, 3.8) is 0 Å². The minimum absolute atomic E-state index is 0.0789. The lowest BCUT2D eigenvalue weighted by molar-refractivity contribution is -0.135. The standard InChI is InChI=1S/C22H26N2O2/c1-22(2,3)18-10-6-7-11-19(18)23-20(25)14-21(26)24-13-12-16-8-4-5-9-17(16)15-24/h4-11H,12-15H2,1-3H3,(H,23,25). The fourth-order valence-corrected chi connectivity index (χ4v) is 3.40. The zero-order chi connectivity index (χ0) is 18.7.